The van der Waals surface area contributed by atoms with Crippen LogP contribution in [0.4, 0.5) is 0 Å². The van der Waals surface area contributed by atoms with Gasteiger partial charge in [-0.15, -0.1) is 12.4 Å². The molecule has 0 aromatic heterocycles. The predicted octanol–water partition coefficient (Wildman–Crippen LogP) is 4.01. The monoisotopic (exact) mass is 408 g/mol. The summed E-state index contributed by atoms with van der Waals surface area (Å²) in [6.07, 6.45) is 2.18. The fraction of sp³-hybridized carbons (Fsp3) is 0.208. The van der Waals surface area contributed by atoms with Crippen LogP contribution in [-0.2, 0) is 12.8 Å². The Hall–Kier alpha value is -2.82. The SMILES string of the molecule is Cl.NC(=O)c1ccc(-c2cccc(OCCNC3Cc4ccccc4C3)c2)cc1. The number of carbonyl (C=O) groups excluding carboxylic acids is 1. The van der Waals surface area contributed by atoms with Crippen LogP contribution in [0.1, 0.15) is 21.5 Å². The third-order valence-electron chi connectivity index (χ3n) is 5.19. The molecule has 4 rings (SSSR count). The molecule has 0 radical (unpaired) electrons. The minimum Gasteiger partial charge on any atom is -0.492 e. The molecule has 29 heavy (non-hydrogen) atoms. The molecule has 0 bridgehead atoms. The van der Waals surface area contributed by atoms with Crippen molar-refractivity contribution in [1.82, 2.24) is 5.32 Å². The van der Waals surface area contributed by atoms with Gasteiger partial charge in [0.1, 0.15) is 12.4 Å². The molecule has 0 saturated heterocycles. The van der Waals surface area contributed by atoms with Crippen LogP contribution in [-0.4, -0.2) is 25.1 Å². The Kier molecular flexibility index (Phi) is 6.91. The fourth-order valence-electron chi connectivity index (χ4n) is 3.73. The predicted molar refractivity (Wildman–Crippen MR) is 119 cm³/mol. The van der Waals surface area contributed by atoms with Crippen LogP contribution in [0.2, 0.25) is 0 Å². The number of amides is 1. The molecule has 0 spiro atoms. The molecule has 0 saturated carbocycles. The van der Waals surface area contributed by atoms with Gasteiger partial charge in [-0.2, -0.15) is 0 Å². The number of rotatable bonds is 7. The van der Waals surface area contributed by atoms with E-state index in [0.717, 1.165) is 36.3 Å². The first-order valence-electron chi connectivity index (χ1n) is 9.62. The highest BCUT2D eigenvalue weighted by molar-refractivity contribution is 5.93. The average molecular weight is 409 g/mol. The Morgan fingerprint density at radius 3 is 2.28 bits per heavy atom. The molecule has 1 aliphatic carbocycles. The molecular formula is C24H25ClN2O2. The second-order valence-corrected chi connectivity index (χ2v) is 7.15. The molecule has 0 atom stereocenters. The Balaban J connectivity index is 0.00000240. The number of ether oxygens (including phenoxy) is 1. The van der Waals surface area contributed by atoms with E-state index in [1.54, 1.807) is 12.1 Å². The molecule has 1 aliphatic rings. The highest BCUT2D eigenvalue weighted by Crippen LogP contribution is 2.24. The summed E-state index contributed by atoms with van der Waals surface area (Å²) in [6.45, 7) is 1.44. The van der Waals surface area contributed by atoms with E-state index < -0.39 is 5.91 Å². The van der Waals surface area contributed by atoms with Crippen LogP contribution in [0.5, 0.6) is 5.75 Å². The van der Waals surface area contributed by atoms with Gasteiger partial charge in [-0.25, -0.2) is 0 Å². The van der Waals surface area contributed by atoms with Crippen molar-refractivity contribution in [2.24, 2.45) is 5.73 Å². The Morgan fingerprint density at radius 1 is 0.931 bits per heavy atom. The van der Waals surface area contributed by atoms with Gasteiger partial charge in [0.25, 0.3) is 0 Å². The minimum absolute atomic E-state index is 0. The second kappa shape index (κ2) is 9.59. The van der Waals surface area contributed by atoms with Crippen molar-refractivity contribution in [3.05, 3.63) is 89.5 Å². The van der Waals surface area contributed by atoms with Gasteiger partial charge in [0.15, 0.2) is 0 Å². The molecule has 0 aliphatic heterocycles. The van der Waals surface area contributed by atoms with Gasteiger partial charge in [-0.1, -0.05) is 48.5 Å². The van der Waals surface area contributed by atoms with Crippen molar-refractivity contribution in [2.75, 3.05) is 13.2 Å². The maximum Gasteiger partial charge on any atom is 0.248 e. The molecular weight excluding hydrogens is 384 g/mol. The van der Waals surface area contributed by atoms with Crippen molar-refractivity contribution in [2.45, 2.75) is 18.9 Å². The van der Waals surface area contributed by atoms with Gasteiger partial charge < -0.3 is 15.8 Å². The summed E-state index contributed by atoms with van der Waals surface area (Å²) in [6, 6.07) is 24.4. The third kappa shape index (κ3) is 5.17. The maximum atomic E-state index is 11.2. The number of fused-ring (bicyclic) bond motifs is 1. The van der Waals surface area contributed by atoms with Gasteiger partial charge in [0.2, 0.25) is 5.91 Å². The molecule has 3 N–H and O–H groups in total. The first kappa shape index (κ1) is 20.9. The largest absolute Gasteiger partial charge is 0.492 e. The summed E-state index contributed by atoms with van der Waals surface area (Å²) >= 11 is 0. The van der Waals surface area contributed by atoms with Crippen molar-refractivity contribution in [3.8, 4) is 16.9 Å². The van der Waals surface area contributed by atoms with Crippen LogP contribution >= 0.6 is 12.4 Å². The van der Waals surface area contributed by atoms with Crippen LogP contribution in [0.25, 0.3) is 11.1 Å². The van der Waals surface area contributed by atoms with Crippen LogP contribution < -0.4 is 15.8 Å². The van der Waals surface area contributed by atoms with Gasteiger partial charge >= 0.3 is 0 Å². The standard InChI is InChI=1S/C24H24N2O2.ClH/c25-24(27)18-10-8-17(9-11-18)21-6-3-7-23(16-21)28-13-12-26-22-14-19-4-1-2-5-20(19)15-22;/h1-11,16,22,26H,12-15H2,(H2,25,27);1H. The Morgan fingerprint density at radius 2 is 1.62 bits per heavy atom. The molecule has 0 unspecified atom stereocenters. The maximum absolute atomic E-state index is 11.2. The first-order chi connectivity index (χ1) is 13.7. The number of benzene rings is 3. The van der Waals surface area contributed by atoms with E-state index in [4.69, 9.17) is 10.5 Å². The number of halogens is 1. The van der Waals surface area contributed by atoms with Gasteiger partial charge in [0.05, 0.1) is 0 Å². The highest BCUT2D eigenvalue weighted by atomic mass is 35.5. The normalized spacial score (nSPS) is 12.8. The summed E-state index contributed by atoms with van der Waals surface area (Å²) in [5.41, 5.74) is 10.8. The molecule has 5 heteroatoms. The van der Waals surface area contributed by atoms with Crippen molar-refractivity contribution in [1.29, 1.82) is 0 Å². The lowest BCUT2D eigenvalue weighted by Gasteiger charge is -2.13. The lowest BCUT2D eigenvalue weighted by atomic mass is 10.0. The third-order valence-corrected chi connectivity index (χ3v) is 5.19. The smallest absolute Gasteiger partial charge is 0.248 e. The Bertz CT molecular complexity index is 948. The molecule has 0 fully saturated rings. The topological polar surface area (TPSA) is 64.4 Å². The number of nitrogens with two attached hydrogens (primary N) is 1. The summed E-state index contributed by atoms with van der Waals surface area (Å²) in [5, 5.41) is 3.59. The summed E-state index contributed by atoms with van der Waals surface area (Å²) in [5.74, 6) is 0.425. The van der Waals surface area contributed by atoms with Gasteiger partial charge in [-0.3, -0.25) is 4.79 Å². The van der Waals surface area contributed by atoms with E-state index in [9.17, 15) is 4.79 Å². The quantitative estimate of drug-likeness (QED) is 0.580. The number of nitrogens with one attached hydrogen (secondary N) is 1. The zero-order valence-electron chi connectivity index (χ0n) is 16.1. The number of hydrogen-bond acceptors (Lipinski definition) is 3. The zero-order chi connectivity index (χ0) is 19.3. The lowest BCUT2D eigenvalue weighted by molar-refractivity contribution is 0.100. The molecule has 0 heterocycles. The van der Waals surface area contributed by atoms with Crippen LogP contribution in [0, 0.1) is 0 Å². The van der Waals surface area contributed by atoms with E-state index in [1.807, 2.05) is 36.4 Å². The summed E-state index contributed by atoms with van der Waals surface area (Å²) in [7, 11) is 0. The summed E-state index contributed by atoms with van der Waals surface area (Å²) < 4.78 is 5.93. The van der Waals surface area contributed by atoms with Crippen molar-refractivity contribution < 1.29 is 9.53 Å². The number of primary amides is 1. The molecule has 1 amide bonds. The highest BCUT2D eigenvalue weighted by Gasteiger charge is 2.19. The second-order valence-electron chi connectivity index (χ2n) is 7.15. The van der Waals surface area contributed by atoms with Crippen molar-refractivity contribution in [3.63, 3.8) is 0 Å². The van der Waals surface area contributed by atoms with Gasteiger partial charge in [-0.05, 0) is 59.4 Å². The van der Waals surface area contributed by atoms with Gasteiger partial charge in [0, 0.05) is 18.2 Å². The molecule has 150 valence electrons. The van der Waals surface area contributed by atoms with E-state index in [-0.39, 0.29) is 12.4 Å². The number of carbonyl (C=O) groups is 1. The van der Waals surface area contributed by atoms with E-state index in [0.29, 0.717) is 18.2 Å². The van der Waals surface area contributed by atoms with E-state index in [2.05, 4.69) is 29.6 Å². The minimum atomic E-state index is -0.415. The fourth-order valence-corrected chi connectivity index (χ4v) is 3.73. The molecule has 3 aromatic rings. The number of hydrogen-bond donors (Lipinski definition) is 2. The molecule has 3 aromatic carbocycles. The van der Waals surface area contributed by atoms with Crippen LogP contribution in [0.3, 0.4) is 0 Å². The van der Waals surface area contributed by atoms with E-state index in [1.165, 1.54) is 11.1 Å². The van der Waals surface area contributed by atoms with Crippen LogP contribution in [0.15, 0.2) is 72.8 Å². The van der Waals surface area contributed by atoms with Crippen molar-refractivity contribution >= 4 is 18.3 Å². The Labute approximate surface area is 177 Å². The average Bonchev–Trinajstić information content (AvgIpc) is 3.14. The summed E-state index contributed by atoms with van der Waals surface area (Å²) in [4.78, 5) is 11.2. The first-order valence-corrected chi connectivity index (χ1v) is 9.62. The zero-order valence-corrected chi connectivity index (χ0v) is 17.0. The molecule has 4 nitrogen and oxygen atoms in total. The van der Waals surface area contributed by atoms with E-state index >= 15 is 0 Å². The lowest BCUT2D eigenvalue weighted by Crippen LogP contribution is -2.33.